The molecule has 2 aromatic rings. The van der Waals surface area contributed by atoms with Gasteiger partial charge in [-0.2, -0.15) is 0 Å². The molecule has 2 fully saturated rings. The Morgan fingerprint density at radius 3 is 2.72 bits per heavy atom. The zero-order valence-electron chi connectivity index (χ0n) is 16.9. The molecule has 2 aliphatic heterocycles. The molecule has 0 aliphatic carbocycles. The van der Waals surface area contributed by atoms with Gasteiger partial charge in [-0.25, -0.2) is 9.97 Å². The molecule has 29 heavy (non-hydrogen) atoms. The Kier molecular flexibility index (Phi) is 5.56. The molecule has 0 atom stereocenters. The molecule has 4 heterocycles. The summed E-state index contributed by atoms with van der Waals surface area (Å²) >= 11 is 0. The van der Waals surface area contributed by atoms with Crippen LogP contribution in [0.2, 0.25) is 0 Å². The largest absolute Gasteiger partial charge is 0.342 e. The first-order chi connectivity index (χ1) is 14.1. The smallest absolute Gasteiger partial charge is 0.257 e. The van der Waals surface area contributed by atoms with Crippen molar-refractivity contribution in [3.8, 4) is 0 Å². The number of piperidine rings is 2. The summed E-state index contributed by atoms with van der Waals surface area (Å²) in [7, 11) is 0. The van der Waals surface area contributed by atoms with E-state index in [0.717, 1.165) is 51.0 Å². The van der Waals surface area contributed by atoms with Gasteiger partial charge in [-0.15, -0.1) is 0 Å². The third-order valence-electron chi connectivity index (χ3n) is 6.37. The normalized spacial score (nSPS) is 18.9. The second-order valence-electron chi connectivity index (χ2n) is 8.20. The number of nitrogens with zero attached hydrogens (tertiary/aromatic N) is 5. The van der Waals surface area contributed by atoms with Crippen molar-refractivity contribution in [1.82, 2.24) is 24.8 Å². The number of rotatable bonds is 4. The molecule has 2 aromatic heterocycles. The molecule has 2 saturated heterocycles. The van der Waals surface area contributed by atoms with Crippen molar-refractivity contribution in [3.63, 3.8) is 0 Å². The molecular weight excluding hydrogens is 366 g/mol. The van der Waals surface area contributed by atoms with Gasteiger partial charge in [0.2, 0.25) is 5.91 Å². The molecule has 152 valence electrons. The van der Waals surface area contributed by atoms with Crippen LogP contribution in [-0.2, 0) is 11.2 Å². The Bertz CT molecular complexity index is 878. The van der Waals surface area contributed by atoms with Gasteiger partial charge >= 0.3 is 0 Å². The van der Waals surface area contributed by atoms with E-state index in [-0.39, 0.29) is 17.2 Å². The summed E-state index contributed by atoms with van der Waals surface area (Å²) in [6.07, 6.45) is 9.02. The highest BCUT2D eigenvalue weighted by Gasteiger charge is 2.41. The lowest BCUT2D eigenvalue weighted by atomic mass is 9.72. The van der Waals surface area contributed by atoms with E-state index in [1.807, 2.05) is 34.9 Å². The number of carbonyl (C=O) groups is 2. The Morgan fingerprint density at radius 2 is 2.00 bits per heavy atom. The number of hydrogen-bond donors (Lipinski definition) is 0. The minimum absolute atomic E-state index is 0.0110. The van der Waals surface area contributed by atoms with Crippen LogP contribution in [0.25, 0.3) is 0 Å². The lowest BCUT2D eigenvalue weighted by Crippen LogP contribution is -2.52. The molecule has 7 heteroatoms. The Labute approximate surface area is 171 Å². The van der Waals surface area contributed by atoms with Crippen LogP contribution in [-0.4, -0.2) is 62.7 Å². The molecule has 0 radical (unpaired) electrons. The maximum atomic E-state index is 12.8. The van der Waals surface area contributed by atoms with Crippen molar-refractivity contribution in [1.29, 1.82) is 0 Å². The molecule has 0 saturated carbocycles. The summed E-state index contributed by atoms with van der Waals surface area (Å²) in [5, 5.41) is 0. The molecule has 0 aromatic carbocycles. The number of aryl methyl sites for hydroxylation is 1. The average Bonchev–Trinajstić information content (AvgIpc) is 2.76. The van der Waals surface area contributed by atoms with E-state index in [9.17, 15) is 9.59 Å². The fourth-order valence-electron chi connectivity index (χ4n) is 4.46. The van der Waals surface area contributed by atoms with Gasteiger partial charge in [0.05, 0.1) is 11.3 Å². The van der Waals surface area contributed by atoms with Crippen LogP contribution in [0.1, 0.15) is 47.4 Å². The quantitative estimate of drug-likeness (QED) is 0.796. The highest BCUT2D eigenvalue weighted by Crippen LogP contribution is 2.40. The number of aromatic nitrogens is 3. The first-order valence-electron chi connectivity index (χ1n) is 10.3. The van der Waals surface area contributed by atoms with Crippen LogP contribution < -0.4 is 0 Å². The molecular formula is C22H27N5O2. The number of carbonyl (C=O) groups excluding carboxylic acids is 2. The van der Waals surface area contributed by atoms with Crippen LogP contribution in [0.5, 0.6) is 0 Å². The Hall–Kier alpha value is -2.83. The van der Waals surface area contributed by atoms with Crippen molar-refractivity contribution in [2.45, 2.75) is 39.0 Å². The lowest BCUT2D eigenvalue weighted by Gasteiger charge is -2.47. The minimum atomic E-state index is 0.0110. The maximum Gasteiger partial charge on any atom is 0.257 e. The van der Waals surface area contributed by atoms with Gasteiger partial charge in [-0.05, 0) is 43.7 Å². The fourth-order valence-corrected chi connectivity index (χ4v) is 4.46. The number of amides is 2. The molecule has 1 spiro atoms. The third kappa shape index (κ3) is 4.28. The SMILES string of the molecule is Cc1ncncc1C(=O)N1CCC2(CCC(=O)N(CCc3ccccn3)C2)CC1. The van der Waals surface area contributed by atoms with Crippen LogP contribution in [0.15, 0.2) is 36.9 Å². The van der Waals surface area contributed by atoms with Crippen LogP contribution >= 0.6 is 0 Å². The standard InChI is InChI=1S/C22H27N5O2/c1-17-19(14-23-16-25-17)21(29)26-12-8-22(9-13-26)7-5-20(28)27(15-22)11-6-18-4-2-3-10-24-18/h2-4,10,14,16H,5-9,11-13,15H2,1H3. The van der Waals surface area contributed by atoms with Gasteiger partial charge in [0.1, 0.15) is 6.33 Å². The molecule has 2 aliphatic rings. The van der Waals surface area contributed by atoms with Gasteiger partial charge in [0, 0.05) is 57.1 Å². The highest BCUT2D eigenvalue weighted by molar-refractivity contribution is 5.95. The maximum absolute atomic E-state index is 12.8. The minimum Gasteiger partial charge on any atom is -0.342 e. The lowest BCUT2D eigenvalue weighted by molar-refractivity contribution is -0.138. The van der Waals surface area contributed by atoms with E-state index < -0.39 is 0 Å². The topological polar surface area (TPSA) is 79.3 Å². The van der Waals surface area contributed by atoms with Crippen LogP contribution in [0.3, 0.4) is 0 Å². The van der Waals surface area contributed by atoms with Crippen molar-refractivity contribution < 1.29 is 9.59 Å². The molecule has 4 rings (SSSR count). The Morgan fingerprint density at radius 1 is 1.17 bits per heavy atom. The summed E-state index contributed by atoms with van der Waals surface area (Å²) in [5.41, 5.74) is 2.44. The monoisotopic (exact) mass is 393 g/mol. The van der Waals surface area contributed by atoms with Crippen molar-refractivity contribution in [2.24, 2.45) is 5.41 Å². The molecule has 0 N–H and O–H groups in total. The number of pyridine rings is 1. The number of hydrogen-bond acceptors (Lipinski definition) is 5. The van der Waals surface area contributed by atoms with Gasteiger partial charge < -0.3 is 9.80 Å². The first kappa shape index (κ1) is 19.5. The summed E-state index contributed by atoms with van der Waals surface area (Å²) < 4.78 is 0. The van der Waals surface area contributed by atoms with E-state index in [0.29, 0.717) is 24.2 Å². The average molecular weight is 393 g/mol. The van der Waals surface area contributed by atoms with E-state index >= 15 is 0 Å². The van der Waals surface area contributed by atoms with Crippen molar-refractivity contribution in [2.75, 3.05) is 26.2 Å². The van der Waals surface area contributed by atoms with E-state index in [2.05, 4.69) is 15.0 Å². The van der Waals surface area contributed by atoms with Crippen LogP contribution in [0.4, 0.5) is 0 Å². The highest BCUT2D eigenvalue weighted by atomic mass is 16.2. The first-order valence-corrected chi connectivity index (χ1v) is 10.3. The molecule has 0 unspecified atom stereocenters. The van der Waals surface area contributed by atoms with E-state index in [4.69, 9.17) is 0 Å². The van der Waals surface area contributed by atoms with Gasteiger partial charge in [-0.3, -0.25) is 14.6 Å². The zero-order chi connectivity index (χ0) is 20.3. The summed E-state index contributed by atoms with van der Waals surface area (Å²) in [4.78, 5) is 41.7. The molecule has 0 bridgehead atoms. The predicted molar refractivity (Wildman–Crippen MR) is 108 cm³/mol. The second kappa shape index (κ2) is 8.27. The summed E-state index contributed by atoms with van der Waals surface area (Å²) in [5.74, 6) is 0.249. The van der Waals surface area contributed by atoms with Crippen molar-refractivity contribution >= 4 is 11.8 Å². The molecule has 7 nitrogen and oxygen atoms in total. The zero-order valence-corrected chi connectivity index (χ0v) is 16.9. The summed E-state index contributed by atoms with van der Waals surface area (Å²) in [6, 6.07) is 5.89. The number of likely N-dealkylation sites (tertiary alicyclic amines) is 2. The second-order valence-corrected chi connectivity index (χ2v) is 8.20. The summed E-state index contributed by atoms with van der Waals surface area (Å²) in [6.45, 7) is 4.77. The van der Waals surface area contributed by atoms with Crippen LogP contribution in [0, 0.1) is 12.3 Å². The van der Waals surface area contributed by atoms with Crippen molar-refractivity contribution in [3.05, 3.63) is 53.9 Å². The third-order valence-corrected chi connectivity index (χ3v) is 6.37. The molecule has 2 amide bonds. The fraction of sp³-hybridized carbons (Fsp3) is 0.500. The van der Waals surface area contributed by atoms with Gasteiger partial charge in [0.15, 0.2) is 0 Å². The van der Waals surface area contributed by atoms with E-state index in [1.165, 1.54) is 6.33 Å². The predicted octanol–water partition coefficient (Wildman–Crippen LogP) is 2.27. The Balaban J connectivity index is 1.36. The van der Waals surface area contributed by atoms with E-state index in [1.54, 1.807) is 12.4 Å². The van der Waals surface area contributed by atoms with Gasteiger partial charge in [-0.1, -0.05) is 6.07 Å². The van der Waals surface area contributed by atoms with Gasteiger partial charge in [0.25, 0.3) is 5.91 Å².